The van der Waals surface area contributed by atoms with Crippen LogP contribution in [0.15, 0.2) is 42.5 Å². The molecule has 100 valence electrons. The first-order valence-electron chi connectivity index (χ1n) is 6.31. The van der Waals surface area contributed by atoms with Gasteiger partial charge < -0.3 is 10.1 Å². The number of rotatable bonds is 5. The third-order valence-corrected chi connectivity index (χ3v) is 2.92. The molecule has 0 bridgehead atoms. The molecule has 0 spiro atoms. The van der Waals surface area contributed by atoms with Crippen LogP contribution in [0.2, 0.25) is 0 Å². The number of benzene rings is 2. The van der Waals surface area contributed by atoms with Crippen molar-refractivity contribution in [3.05, 3.63) is 65.0 Å². The Balaban J connectivity index is 2.13. The molecule has 0 fully saturated rings. The van der Waals surface area contributed by atoms with Crippen molar-refractivity contribution in [2.24, 2.45) is 0 Å². The van der Waals surface area contributed by atoms with E-state index in [1.807, 2.05) is 32.2 Å². The van der Waals surface area contributed by atoms with Gasteiger partial charge in [-0.2, -0.15) is 0 Å². The number of halogens is 1. The quantitative estimate of drug-likeness (QED) is 0.888. The molecular weight excluding hydrogens is 241 g/mol. The van der Waals surface area contributed by atoms with E-state index in [4.69, 9.17) is 4.74 Å². The third-order valence-electron chi connectivity index (χ3n) is 2.92. The second kappa shape index (κ2) is 6.34. The number of hydrogen-bond acceptors (Lipinski definition) is 2. The van der Waals surface area contributed by atoms with E-state index in [2.05, 4.69) is 11.4 Å². The monoisotopic (exact) mass is 259 g/mol. The lowest BCUT2D eigenvalue weighted by Crippen LogP contribution is -2.08. The van der Waals surface area contributed by atoms with E-state index >= 15 is 0 Å². The highest BCUT2D eigenvalue weighted by atomic mass is 19.1. The summed E-state index contributed by atoms with van der Waals surface area (Å²) >= 11 is 0. The molecule has 0 unspecified atom stereocenters. The fourth-order valence-corrected chi connectivity index (χ4v) is 1.95. The molecule has 3 heteroatoms. The molecule has 19 heavy (non-hydrogen) atoms. The summed E-state index contributed by atoms with van der Waals surface area (Å²) in [5.74, 6) is 0.563. The second-order valence-electron chi connectivity index (χ2n) is 4.52. The van der Waals surface area contributed by atoms with E-state index in [9.17, 15) is 4.39 Å². The molecule has 2 aromatic carbocycles. The summed E-state index contributed by atoms with van der Waals surface area (Å²) < 4.78 is 19.2. The standard InChI is InChI=1S/C16H18FNO/c1-12-7-8-16(14(9-12)10-18-2)19-11-13-5-3-4-6-15(13)17/h3-9,18H,10-11H2,1-2H3. The van der Waals surface area contributed by atoms with Gasteiger partial charge in [-0.05, 0) is 26.1 Å². The minimum atomic E-state index is -0.232. The van der Waals surface area contributed by atoms with Crippen LogP contribution in [-0.4, -0.2) is 7.05 Å². The van der Waals surface area contributed by atoms with Crippen molar-refractivity contribution in [2.45, 2.75) is 20.1 Å². The Morgan fingerprint density at radius 2 is 1.89 bits per heavy atom. The van der Waals surface area contributed by atoms with Crippen molar-refractivity contribution >= 4 is 0 Å². The number of nitrogens with one attached hydrogen (secondary N) is 1. The summed E-state index contributed by atoms with van der Waals surface area (Å²) in [6, 6.07) is 12.7. The maximum atomic E-state index is 13.5. The molecule has 0 saturated carbocycles. The summed E-state index contributed by atoms with van der Waals surface area (Å²) in [5.41, 5.74) is 2.83. The molecule has 1 N–H and O–H groups in total. The number of aryl methyl sites for hydroxylation is 1. The summed E-state index contributed by atoms with van der Waals surface area (Å²) in [6.07, 6.45) is 0. The van der Waals surface area contributed by atoms with Crippen LogP contribution >= 0.6 is 0 Å². The Hall–Kier alpha value is -1.87. The predicted molar refractivity (Wildman–Crippen MR) is 74.7 cm³/mol. The molecule has 2 nitrogen and oxygen atoms in total. The van der Waals surface area contributed by atoms with Gasteiger partial charge in [-0.15, -0.1) is 0 Å². The van der Waals surface area contributed by atoms with Gasteiger partial charge in [0.1, 0.15) is 18.2 Å². The molecule has 0 aliphatic heterocycles. The van der Waals surface area contributed by atoms with Crippen molar-refractivity contribution in [3.8, 4) is 5.75 Å². The maximum absolute atomic E-state index is 13.5. The summed E-state index contributed by atoms with van der Waals surface area (Å²) in [5, 5.41) is 3.11. The zero-order valence-corrected chi connectivity index (χ0v) is 11.2. The molecule has 0 heterocycles. The van der Waals surface area contributed by atoms with Crippen molar-refractivity contribution in [2.75, 3.05) is 7.05 Å². The maximum Gasteiger partial charge on any atom is 0.129 e. The smallest absolute Gasteiger partial charge is 0.129 e. The normalized spacial score (nSPS) is 10.5. The molecule has 0 aliphatic rings. The first kappa shape index (κ1) is 13.6. The minimum absolute atomic E-state index is 0.232. The second-order valence-corrected chi connectivity index (χ2v) is 4.52. The van der Waals surface area contributed by atoms with Crippen molar-refractivity contribution < 1.29 is 9.13 Å². The van der Waals surface area contributed by atoms with Crippen LogP contribution in [0.5, 0.6) is 5.75 Å². The van der Waals surface area contributed by atoms with E-state index in [0.717, 1.165) is 17.9 Å². The lowest BCUT2D eigenvalue weighted by Gasteiger charge is -2.12. The highest BCUT2D eigenvalue weighted by Gasteiger charge is 2.06. The lowest BCUT2D eigenvalue weighted by atomic mass is 10.1. The Morgan fingerprint density at radius 1 is 1.11 bits per heavy atom. The van der Waals surface area contributed by atoms with Gasteiger partial charge in [0.2, 0.25) is 0 Å². The molecule has 0 aromatic heterocycles. The molecule has 0 saturated heterocycles. The Labute approximate surface area is 113 Å². The first-order valence-corrected chi connectivity index (χ1v) is 6.31. The van der Waals surface area contributed by atoms with Gasteiger partial charge in [-0.25, -0.2) is 4.39 Å². The van der Waals surface area contributed by atoms with Crippen molar-refractivity contribution in [3.63, 3.8) is 0 Å². The average Bonchev–Trinajstić information content (AvgIpc) is 2.40. The van der Waals surface area contributed by atoms with E-state index in [1.54, 1.807) is 12.1 Å². The van der Waals surface area contributed by atoms with E-state index in [1.165, 1.54) is 11.6 Å². The first-order chi connectivity index (χ1) is 9.20. The lowest BCUT2D eigenvalue weighted by molar-refractivity contribution is 0.296. The van der Waals surface area contributed by atoms with E-state index in [-0.39, 0.29) is 12.4 Å². The van der Waals surface area contributed by atoms with Crippen LogP contribution in [0.25, 0.3) is 0 Å². The number of hydrogen-bond donors (Lipinski definition) is 1. The zero-order chi connectivity index (χ0) is 13.7. The van der Waals surface area contributed by atoms with Crippen molar-refractivity contribution in [1.29, 1.82) is 0 Å². The topological polar surface area (TPSA) is 21.3 Å². The van der Waals surface area contributed by atoms with Gasteiger partial charge in [-0.1, -0.05) is 35.9 Å². The van der Waals surface area contributed by atoms with Crippen LogP contribution in [-0.2, 0) is 13.2 Å². The van der Waals surface area contributed by atoms with E-state index < -0.39 is 0 Å². The van der Waals surface area contributed by atoms with E-state index in [0.29, 0.717) is 5.56 Å². The molecule has 0 amide bonds. The summed E-state index contributed by atoms with van der Waals surface area (Å²) in [6.45, 7) is 3.01. The fourth-order valence-electron chi connectivity index (χ4n) is 1.95. The Bertz CT molecular complexity index is 554. The van der Waals surface area contributed by atoms with Crippen LogP contribution in [0, 0.1) is 12.7 Å². The largest absolute Gasteiger partial charge is 0.488 e. The van der Waals surface area contributed by atoms with Gasteiger partial charge in [0.15, 0.2) is 0 Å². The van der Waals surface area contributed by atoms with Gasteiger partial charge in [0, 0.05) is 17.7 Å². The van der Waals surface area contributed by atoms with Crippen LogP contribution in [0.3, 0.4) is 0 Å². The molecular formula is C16H18FNO. The summed E-state index contributed by atoms with van der Waals surface area (Å²) in [4.78, 5) is 0. The fraction of sp³-hybridized carbons (Fsp3) is 0.250. The Morgan fingerprint density at radius 3 is 2.63 bits per heavy atom. The molecule has 2 aromatic rings. The van der Waals surface area contributed by atoms with Gasteiger partial charge in [0.05, 0.1) is 0 Å². The van der Waals surface area contributed by atoms with Crippen LogP contribution in [0.1, 0.15) is 16.7 Å². The molecule has 0 atom stereocenters. The summed E-state index contributed by atoms with van der Waals surface area (Å²) in [7, 11) is 1.89. The Kier molecular flexibility index (Phi) is 4.53. The number of ether oxygens (including phenoxy) is 1. The molecule has 0 aliphatic carbocycles. The molecule has 2 rings (SSSR count). The SMILES string of the molecule is CNCc1cc(C)ccc1OCc1ccccc1F. The van der Waals surface area contributed by atoms with Crippen LogP contribution < -0.4 is 10.1 Å². The highest BCUT2D eigenvalue weighted by Crippen LogP contribution is 2.21. The van der Waals surface area contributed by atoms with Gasteiger partial charge in [0.25, 0.3) is 0 Å². The van der Waals surface area contributed by atoms with Crippen molar-refractivity contribution in [1.82, 2.24) is 5.32 Å². The predicted octanol–water partition coefficient (Wildman–Crippen LogP) is 3.43. The van der Waals surface area contributed by atoms with Crippen LogP contribution in [0.4, 0.5) is 4.39 Å². The minimum Gasteiger partial charge on any atom is -0.488 e. The van der Waals surface area contributed by atoms with Gasteiger partial charge >= 0.3 is 0 Å². The van der Waals surface area contributed by atoms with Gasteiger partial charge in [-0.3, -0.25) is 0 Å². The third kappa shape index (κ3) is 3.55. The molecule has 0 radical (unpaired) electrons. The highest BCUT2D eigenvalue weighted by molar-refractivity contribution is 5.37. The average molecular weight is 259 g/mol. The zero-order valence-electron chi connectivity index (χ0n) is 11.2.